The molecule has 2 aromatic carbocycles. The standard InChI is InChI=1S/C36H36N4O/c1-22-3-4-23(2)39-35(22)26-8-6-25(7-9-26)34-19-38-36-33(34)16-29(18-37-36)28-10-5-24-11-13-30(14-12-27(24)15-28)40-31-17-32(40)21-41-20-31/h3-10,15-16,18-19,30-32H,11-14,17,20-21H2,1-2H3,(H,37,38)/t30-,31?,32?/m0/s1. The summed E-state index contributed by atoms with van der Waals surface area (Å²) in [7, 11) is 0. The number of hydrogen-bond donors (Lipinski definition) is 1. The molecule has 0 radical (unpaired) electrons. The molecule has 206 valence electrons. The van der Waals surface area contributed by atoms with E-state index in [1.54, 1.807) is 0 Å². The smallest absolute Gasteiger partial charge is 0.137 e. The number of morpholine rings is 1. The Morgan fingerprint density at radius 1 is 0.780 bits per heavy atom. The number of pyridine rings is 2. The topological polar surface area (TPSA) is 54.0 Å². The second-order valence-electron chi connectivity index (χ2n) is 12.3. The van der Waals surface area contributed by atoms with Crippen molar-refractivity contribution in [3.05, 3.63) is 95.4 Å². The van der Waals surface area contributed by atoms with Crippen LogP contribution in [-0.2, 0) is 17.6 Å². The van der Waals surface area contributed by atoms with Gasteiger partial charge in [0.25, 0.3) is 0 Å². The van der Waals surface area contributed by atoms with Gasteiger partial charge in [-0.05, 0) is 85.9 Å². The Morgan fingerprint density at radius 3 is 2.34 bits per heavy atom. The normalized spacial score (nSPS) is 22.2. The van der Waals surface area contributed by atoms with Crippen molar-refractivity contribution in [3.8, 4) is 33.5 Å². The first-order valence-electron chi connectivity index (χ1n) is 15.1. The van der Waals surface area contributed by atoms with Gasteiger partial charge in [0.05, 0.1) is 18.9 Å². The monoisotopic (exact) mass is 540 g/mol. The molecule has 2 saturated heterocycles. The van der Waals surface area contributed by atoms with Crippen LogP contribution in [0.2, 0.25) is 0 Å². The van der Waals surface area contributed by atoms with Crippen LogP contribution < -0.4 is 0 Å². The minimum atomic E-state index is 0.656. The maximum atomic E-state index is 5.75. The molecule has 0 saturated carbocycles. The van der Waals surface area contributed by atoms with Crippen LogP contribution in [0.5, 0.6) is 0 Å². The zero-order valence-electron chi connectivity index (χ0n) is 23.9. The maximum absolute atomic E-state index is 5.75. The number of benzene rings is 2. The number of ether oxygens (including phenoxy) is 1. The lowest BCUT2D eigenvalue weighted by molar-refractivity contribution is -0.148. The zero-order chi connectivity index (χ0) is 27.5. The van der Waals surface area contributed by atoms with Crippen molar-refractivity contribution in [2.24, 2.45) is 0 Å². The number of aromatic amines is 1. The van der Waals surface area contributed by atoms with Crippen LogP contribution in [0, 0.1) is 13.8 Å². The van der Waals surface area contributed by atoms with Crippen molar-refractivity contribution in [1.29, 1.82) is 0 Å². The van der Waals surface area contributed by atoms with Gasteiger partial charge in [0.15, 0.2) is 0 Å². The van der Waals surface area contributed by atoms with Crippen LogP contribution >= 0.6 is 0 Å². The van der Waals surface area contributed by atoms with Gasteiger partial charge < -0.3 is 9.72 Å². The van der Waals surface area contributed by atoms with Crippen LogP contribution in [0.1, 0.15) is 41.6 Å². The van der Waals surface area contributed by atoms with E-state index in [0.717, 1.165) is 47.6 Å². The van der Waals surface area contributed by atoms with Gasteiger partial charge in [0, 0.05) is 58.3 Å². The molecule has 3 aliphatic rings. The molecule has 2 fully saturated rings. The van der Waals surface area contributed by atoms with Crippen molar-refractivity contribution >= 4 is 11.0 Å². The highest BCUT2D eigenvalue weighted by atomic mass is 16.5. The van der Waals surface area contributed by atoms with Crippen molar-refractivity contribution in [2.75, 3.05) is 13.2 Å². The second kappa shape index (κ2) is 9.93. The minimum Gasteiger partial charge on any atom is -0.378 e. The van der Waals surface area contributed by atoms with Gasteiger partial charge in [-0.25, -0.2) is 4.98 Å². The van der Waals surface area contributed by atoms with Crippen molar-refractivity contribution < 1.29 is 4.74 Å². The summed E-state index contributed by atoms with van der Waals surface area (Å²) in [4.78, 5) is 15.8. The third-order valence-corrected chi connectivity index (χ3v) is 9.70. The Hall–Kier alpha value is -3.80. The van der Waals surface area contributed by atoms with E-state index in [1.807, 2.05) is 13.1 Å². The summed E-state index contributed by atoms with van der Waals surface area (Å²) in [6.45, 7) is 6.01. The lowest BCUT2D eigenvalue weighted by Crippen LogP contribution is -2.66. The number of fused-ring (bicyclic) bond motifs is 4. The minimum absolute atomic E-state index is 0.656. The van der Waals surface area contributed by atoms with Gasteiger partial charge in [-0.1, -0.05) is 48.5 Å². The molecule has 2 unspecified atom stereocenters. The third-order valence-electron chi connectivity index (χ3n) is 9.70. The predicted molar refractivity (Wildman–Crippen MR) is 165 cm³/mol. The van der Waals surface area contributed by atoms with E-state index in [0.29, 0.717) is 18.1 Å². The van der Waals surface area contributed by atoms with Crippen LogP contribution in [-0.4, -0.2) is 51.2 Å². The van der Waals surface area contributed by atoms with Gasteiger partial charge >= 0.3 is 0 Å². The summed E-state index contributed by atoms with van der Waals surface area (Å²) in [5.41, 5.74) is 13.2. The fourth-order valence-electron chi connectivity index (χ4n) is 7.46. The Morgan fingerprint density at radius 2 is 1.54 bits per heavy atom. The molecular weight excluding hydrogens is 504 g/mol. The molecule has 5 heterocycles. The van der Waals surface area contributed by atoms with Gasteiger partial charge in [0.2, 0.25) is 0 Å². The molecule has 5 aromatic rings. The Bertz CT molecular complexity index is 1740. The fourth-order valence-corrected chi connectivity index (χ4v) is 7.46. The van der Waals surface area contributed by atoms with Crippen molar-refractivity contribution in [2.45, 2.75) is 64.1 Å². The molecule has 1 N–H and O–H groups in total. The first-order valence-corrected chi connectivity index (χ1v) is 15.1. The highest BCUT2D eigenvalue weighted by Gasteiger charge is 2.45. The van der Waals surface area contributed by atoms with Gasteiger partial charge in [-0.15, -0.1) is 0 Å². The molecule has 0 spiro atoms. The first-order chi connectivity index (χ1) is 20.1. The first kappa shape index (κ1) is 25.0. The molecule has 1 aliphatic carbocycles. The number of rotatable bonds is 4. The molecule has 3 atom stereocenters. The summed E-state index contributed by atoms with van der Waals surface area (Å²) in [5.74, 6) is 0. The summed E-state index contributed by atoms with van der Waals surface area (Å²) < 4.78 is 5.75. The SMILES string of the molecule is Cc1ccc(C)c(-c2ccc(-c3c[nH]c4ncc(-c5ccc6c(c5)CC[C@@H](N5C7COCC5C7)CC6)cc34)cc2)n1. The molecule has 2 bridgehead atoms. The van der Waals surface area contributed by atoms with Crippen molar-refractivity contribution in [1.82, 2.24) is 19.9 Å². The van der Waals surface area contributed by atoms with Crippen LogP contribution in [0.4, 0.5) is 0 Å². The molecule has 2 aliphatic heterocycles. The summed E-state index contributed by atoms with van der Waals surface area (Å²) >= 11 is 0. The van der Waals surface area contributed by atoms with Crippen LogP contribution in [0.3, 0.4) is 0 Å². The fraction of sp³-hybridized carbons (Fsp3) is 0.333. The van der Waals surface area contributed by atoms with E-state index in [9.17, 15) is 0 Å². The van der Waals surface area contributed by atoms with E-state index in [2.05, 4.69) is 83.7 Å². The Balaban J connectivity index is 1.06. The molecule has 5 heteroatoms. The number of nitrogens with one attached hydrogen (secondary N) is 1. The average molecular weight is 541 g/mol. The van der Waals surface area contributed by atoms with Crippen LogP contribution in [0.15, 0.2) is 73.1 Å². The summed E-state index contributed by atoms with van der Waals surface area (Å²) in [5, 5.41) is 1.15. The maximum Gasteiger partial charge on any atom is 0.137 e. The number of hydrogen-bond acceptors (Lipinski definition) is 4. The van der Waals surface area contributed by atoms with Crippen LogP contribution in [0.25, 0.3) is 44.5 Å². The van der Waals surface area contributed by atoms with Crippen molar-refractivity contribution in [3.63, 3.8) is 0 Å². The molecule has 8 rings (SSSR count). The quantitative estimate of drug-likeness (QED) is 0.243. The average Bonchev–Trinajstić information content (AvgIpc) is 3.32. The number of nitrogens with zero attached hydrogens (tertiary/aromatic N) is 3. The van der Waals surface area contributed by atoms with E-state index in [-0.39, 0.29) is 0 Å². The van der Waals surface area contributed by atoms with E-state index in [1.165, 1.54) is 64.6 Å². The predicted octanol–water partition coefficient (Wildman–Crippen LogP) is 7.30. The van der Waals surface area contributed by atoms with E-state index < -0.39 is 0 Å². The Labute approximate surface area is 241 Å². The largest absolute Gasteiger partial charge is 0.378 e. The third kappa shape index (κ3) is 4.39. The lowest BCUT2D eigenvalue weighted by Gasteiger charge is -2.56. The highest BCUT2D eigenvalue weighted by molar-refractivity contribution is 5.96. The van der Waals surface area contributed by atoms with Gasteiger partial charge in [-0.3, -0.25) is 9.88 Å². The Kier molecular flexibility index (Phi) is 6.04. The molecule has 0 amide bonds. The van der Waals surface area contributed by atoms with E-state index >= 15 is 0 Å². The summed E-state index contributed by atoms with van der Waals surface area (Å²) in [6, 6.07) is 24.4. The van der Waals surface area contributed by atoms with E-state index in [4.69, 9.17) is 14.7 Å². The number of aryl methyl sites for hydroxylation is 4. The summed E-state index contributed by atoms with van der Waals surface area (Å²) in [6.07, 6.45) is 10.3. The molecule has 5 nitrogen and oxygen atoms in total. The molecule has 41 heavy (non-hydrogen) atoms. The molecular formula is C36H36N4O. The number of H-pyrrole nitrogens is 1. The highest BCUT2D eigenvalue weighted by Crippen LogP contribution is 2.38. The van der Waals surface area contributed by atoms with Gasteiger partial charge in [0.1, 0.15) is 5.65 Å². The lowest BCUT2D eigenvalue weighted by atomic mass is 9.87. The second-order valence-corrected chi connectivity index (χ2v) is 12.3. The zero-order valence-corrected chi connectivity index (χ0v) is 23.9. The number of aromatic nitrogens is 3. The van der Waals surface area contributed by atoms with Gasteiger partial charge in [-0.2, -0.15) is 0 Å². The molecule has 3 aromatic heterocycles.